The molecule has 0 aromatic heterocycles. The molecule has 1 aromatic rings. The number of aliphatic imine (C=N–C) groups is 1. The lowest BCUT2D eigenvalue weighted by Crippen LogP contribution is -2.38. The third-order valence-electron chi connectivity index (χ3n) is 3.33. The van der Waals surface area contributed by atoms with Crippen molar-refractivity contribution in [3.63, 3.8) is 0 Å². The van der Waals surface area contributed by atoms with Gasteiger partial charge in [0.15, 0.2) is 5.96 Å². The van der Waals surface area contributed by atoms with E-state index in [4.69, 9.17) is 0 Å². The van der Waals surface area contributed by atoms with Crippen LogP contribution in [0.5, 0.6) is 0 Å². The Labute approximate surface area is 133 Å². The lowest BCUT2D eigenvalue weighted by Gasteiger charge is -2.13. The topological polar surface area (TPSA) is 56.7 Å². The molecule has 1 amide bonds. The summed E-state index contributed by atoms with van der Waals surface area (Å²) >= 11 is 0. The van der Waals surface area contributed by atoms with Crippen molar-refractivity contribution in [2.45, 2.75) is 26.2 Å². The molecule has 122 valence electrons. The molecule has 1 aromatic carbocycles. The molecular weight excluding hydrogens is 276 g/mol. The van der Waals surface area contributed by atoms with Gasteiger partial charge >= 0.3 is 0 Å². The van der Waals surface area contributed by atoms with Gasteiger partial charge in [0.1, 0.15) is 0 Å². The maximum atomic E-state index is 12.0. The molecule has 5 nitrogen and oxygen atoms in total. The van der Waals surface area contributed by atoms with E-state index < -0.39 is 0 Å². The predicted octanol–water partition coefficient (Wildman–Crippen LogP) is 1.90. The van der Waals surface area contributed by atoms with Gasteiger partial charge in [-0.15, -0.1) is 0 Å². The van der Waals surface area contributed by atoms with Gasteiger partial charge in [-0.1, -0.05) is 25.5 Å². The summed E-state index contributed by atoms with van der Waals surface area (Å²) in [6.45, 7) is 3.88. The number of amides is 1. The highest BCUT2D eigenvalue weighted by Gasteiger charge is 2.08. The van der Waals surface area contributed by atoms with Crippen LogP contribution in [0.25, 0.3) is 0 Å². The smallest absolute Gasteiger partial charge is 0.253 e. The van der Waals surface area contributed by atoms with E-state index in [1.807, 2.05) is 24.3 Å². The van der Waals surface area contributed by atoms with Crippen LogP contribution in [0.4, 0.5) is 0 Å². The summed E-state index contributed by atoms with van der Waals surface area (Å²) in [5.41, 5.74) is 1.87. The lowest BCUT2D eigenvalue weighted by atomic mass is 10.1. The fourth-order valence-electron chi connectivity index (χ4n) is 2.05. The number of hydrogen-bond donors (Lipinski definition) is 2. The second kappa shape index (κ2) is 9.82. The second-order valence-electron chi connectivity index (χ2n) is 5.43. The molecule has 22 heavy (non-hydrogen) atoms. The van der Waals surface area contributed by atoms with Gasteiger partial charge in [-0.25, -0.2) is 0 Å². The van der Waals surface area contributed by atoms with E-state index in [1.54, 1.807) is 26.0 Å². The predicted molar refractivity (Wildman–Crippen MR) is 92.4 cm³/mol. The highest BCUT2D eigenvalue weighted by Crippen LogP contribution is 2.07. The molecule has 0 saturated heterocycles. The van der Waals surface area contributed by atoms with Crippen molar-refractivity contribution < 1.29 is 4.79 Å². The lowest BCUT2D eigenvalue weighted by molar-refractivity contribution is 0.0827. The van der Waals surface area contributed by atoms with Crippen LogP contribution in [0.1, 0.15) is 35.7 Å². The van der Waals surface area contributed by atoms with Crippen LogP contribution < -0.4 is 10.6 Å². The van der Waals surface area contributed by atoms with Crippen molar-refractivity contribution in [2.24, 2.45) is 4.99 Å². The third kappa shape index (κ3) is 6.16. The highest BCUT2D eigenvalue weighted by atomic mass is 16.2. The Morgan fingerprint density at radius 2 is 1.95 bits per heavy atom. The molecule has 0 fully saturated rings. The standard InChI is InChI=1S/C17H28N4O/c1-5-6-11-19-17(18-2)20-12-10-14-8-7-9-15(13-14)16(22)21(3)4/h7-9,13H,5-6,10-12H2,1-4H3,(H2,18,19,20). The Hall–Kier alpha value is -2.04. The molecule has 0 unspecified atom stereocenters. The number of carbonyl (C=O) groups excluding carboxylic acids is 1. The maximum Gasteiger partial charge on any atom is 0.253 e. The number of nitrogens with one attached hydrogen (secondary N) is 2. The minimum Gasteiger partial charge on any atom is -0.356 e. The summed E-state index contributed by atoms with van der Waals surface area (Å²) in [4.78, 5) is 17.7. The van der Waals surface area contributed by atoms with Crippen molar-refractivity contribution in [1.82, 2.24) is 15.5 Å². The molecular formula is C17H28N4O. The molecule has 0 aliphatic rings. The Morgan fingerprint density at radius 3 is 2.59 bits per heavy atom. The molecule has 1 rings (SSSR count). The first-order chi connectivity index (χ1) is 10.6. The SMILES string of the molecule is CCCCNC(=NC)NCCc1cccc(C(=O)N(C)C)c1. The van der Waals surface area contributed by atoms with Gasteiger partial charge in [-0.3, -0.25) is 9.79 Å². The summed E-state index contributed by atoms with van der Waals surface area (Å²) in [6.07, 6.45) is 3.15. The zero-order valence-corrected chi connectivity index (χ0v) is 14.1. The van der Waals surface area contributed by atoms with Crippen molar-refractivity contribution in [2.75, 3.05) is 34.2 Å². The Bertz CT molecular complexity index is 497. The molecule has 0 atom stereocenters. The number of rotatable bonds is 7. The number of unbranched alkanes of at least 4 members (excludes halogenated alkanes) is 1. The average Bonchev–Trinajstić information content (AvgIpc) is 2.53. The van der Waals surface area contributed by atoms with Gasteiger partial charge in [0.2, 0.25) is 0 Å². The Balaban J connectivity index is 2.47. The van der Waals surface area contributed by atoms with Crippen LogP contribution in [0.2, 0.25) is 0 Å². The third-order valence-corrected chi connectivity index (χ3v) is 3.33. The quantitative estimate of drug-likeness (QED) is 0.459. The molecule has 0 saturated carbocycles. The van der Waals surface area contributed by atoms with E-state index in [1.165, 1.54) is 0 Å². The summed E-state index contributed by atoms with van der Waals surface area (Å²) in [5.74, 6) is 0.862. The number of hydrogen-bond acceptors (Lipinski definition) is 2. The molecule has 5 heteroatoms. The van der Waals surface area contributed by atoms with E-state index >= 15 is 0 Å². The number of carbonyl (C=O) groups is 1. The van der Waals surface area contributed by atoms with Crippen molar-refractivity contribution >= 4 is 11.9 Å². The van der Waals surface area contributed by atoms with Gasteiger partial charge in [-0.05, 0) is 30.5 Å². The van der Waals surface area contributed by atoms with Gasteiger partial charge in [-0.2, -0.15) is 0 Å². The van der Waals surface area contributed by atoms with Crippen LogP contribution in [-0.2, 0) is 6.42 Å². The van der Waals surface area contributed by atoms with E-state index in [0.29, 0.717) is 0 Å². The number of guanidine groups is 1. The molecule has 0 heterocycles. The first-order valence-electron chi connectivity index (χ1n) is 7.83. The van der Waals surface area contributed by atoms with Crippen LogP contribution in [-0.4, -0.2) is 51.0 Å². The zero-order chi connectivity index (χ0) is 16.4. The van der Waals surface area contributed by atoms with Gasteiger partial charge in [0, 0.05) is 39.8 Å². The summed E-state index contributed by atoms with van der Waals surface area (Å²) in [6, 6.07) is 7.78. The van der Waals surface area contributed by atoms with E-state index in [2.05, 4.69) is 22.5 Å². The van der Waals surface area contributed by atoms with Crippen molar-refractivity contribution in [1.29, 1.82) is 0 Å². The van der Waals surface area contributed by atoms with E-state index in [-0.39, 0.29) is 5.91 Å². The molecule has 0 spiro atoms. The second-order valence-corrected chi connectivity index (χ2v) is 5.43. The molecule has 0 bridgehead atoms. The fourth-order valence-corrected chi connectivity index (χ4v) is 2.05. The Kier molecular flexibility index (Phi) is 8.04. The van der Waals surface area contributed by atoms with Crippen molar-refractivity contribution in [3.05, 3.63) is 35.4 Å². The number of benzene rings is 1. The van der Waals surface area contributed by atoms with Crippen LogP contribution >= 0.6 is 0 Å². The average molecular weight is 304 g/mol. The van der Waals surface area contributed by atoms with Gasteiger partial charge in [0.05, 0.1) is 0 Å². The highest BCUT2D eigenvalue weighted by molar-refractivity contribution is 5.94. The van der Waals surface area contributed by atoms with Crippen LogP contribution in [0, 0.1) is 0 Å². The van der Waals surface area contributed by atoms with Crippen LogP contribution in [0.15, 0.2) is 29.3 Å². The number of nitrogens with zero attached hydrogens (tertiary/aromatic N) is 2. The summed E-state index contributed by atoms with van der Waals surface area (Å²) in [5, 5.41) is 6.57. The van der Waals surface area contributed by atoms with Crippen LogP contribution in [0.3, 0.4) is 0 Å². The summed E-state index contributed by atoms with van der Waals surface area (Å²) < 4.78 is 0. The van der Waals surface area contributed by atoms with E-state index in [9.17, 15) is 4.79 Å². The first-order valence-corrected chi connectivity index (χ1v) is 7.83. The maximum absolute atomic E-state index is 12.0. The van der Waals surface area contributed by atoms with E-state index in [0.717, 1.165) is 49.4 Å². The van der Waals surface area contributed by atoms with Gasteiger partial charge < -0.3 is 15.5 Å². The summed E-state index contributed by atoms with van der Waals surface area (Å²) in [7, 11) is 5.31. The largest absolute Gasteiger partial charge is 0.356 e. The molecule has 0 aliphatic carbocycles. The Morgan fingerprint density at radius 1 is 1.23 bits per heavy atom. The molecule has 2 N–H and O–H groups in total. The minimum atomic E-state index is 0.0341. The minimum absolute atomic E-state index is 0.0341. The molecule has 0 aliphatic heterocycles. The van der Waals surface area contributed by atoms with Crippen molar-refractivity contribution in [3.8, 4) is 0 Å². The monoisotopic (exact) mass is 304 g/mol. The zero-order valence-electron chi connectivity index (χ0n) is 14.1. The first kappa shape index (κ1) is 18.0. The fraction of sp³-hybridized carbons (Fsp3) is 0.529. The van der Waals surface area contributed by atoms with Gasteiger partial charge in [0.25, 0.3) is 5.91 Å². The normalized spacial score (nSPS) is 11.2. The molecule has 0 radical (unpaired) electrons.